The highest BCUT2D eigenvalue weighted by Gasteiger charge is 1.95. The molecule has 0 unspecified atom stereocenters. The highest BCUT2D eigenvalue weighted by Crippen LogP contribution is 2.12. The molecule has 1 aromatic rings. The summed E-state index contributed by atoms with van der Waals surface area (Å²) in [5, 5.41) is 0. The summed E-state index contributed by atoms with van der Waals surface area (Å²) >= 11 is 5.56. The molecule has 0 heterocycles. The van der Waals surface area contributed by atoms with Crippen molar-refractivity contribution in [3.05, 3.63) is 41.4 Å². The standard InChI is InChI=1S/C9H10ClN/c10-6-9(7-11)8-4-2-1-3-5-8/h1-6H,7,11H2/b9-6-. The summed E-state index contributed by atoms with van der Waals surface area (Å²) in [7, 11) is 0. The minimum atomic E-state index is 0.480. The number of hydrogen-bond acceptors (Lipinski definition) is 1. The summed E-state index contributed by atoms with van der Waals surface area (Å²) in [6, 6.07) is 9.87. The maximum Gasteiger partial charge on any atom is 0.0192 e. The van der Waals surface area contributed by atoms with Gasteiger partial charge in [0.2, 0.25) is 0 Å². The summed E-state index contributed by atoms with van der Waals surface area (Å²) in [4.78, 5) is 0. The van der Waals surface area contributed by atoms with Crippen LogP contribution in [-0.2, 0) is 0 Å². The van der Waals surface area contributed by atoms with E-state index in [9.17, 15) is 0 Å². The predicted molar refractivity (Wildman–Crippen MR) is 49.3 cm³/mol. The van der Waals surface area contributed by atoms with Crippen LogP contribution in [0, 0.1) is 0 Å². The first kappa shape index (κ1) is 8.31. The van der Waals surface area contributed by atoms with E-state index in [2.05, 4.69) is 0 Å². The second-order valence-corrected chi connectivity index (χ2v) is 2.42. The van der Waals surface area contributed by atoms with Crippen molar-refractivity contribution in [3.63, 3.8) is 0 Å². The van der Waals surface area contributed by atoms with Gasteiger partial charge in [-0.1, -0.05) is 41.9 Å². The van der Waals surface area contributed by atoms with Gasteiger partial charge >= 0.3 is 0 Å². The van der Waals surface area contributed by atoms with Crippen LogP contribution in [0.15, 0.2) is 35.9 Å². The molecule has 0 saturated carbocycles. The average molecular weight is 168 g/mol. The van der Waals surface area contributed by atoms with Crippen LogP contribution in [0.2, 0.25) is 0 Å². The molecule has 0 aliphatic carbocycles. The van der Waals surface area contributed by atoms with Crippen LogP contribution in [0.5, 0.6) is 0 Å². The number of halogens is 1. The van der Waals surface area contributed by atoms with Crippen LogP contribution in [0.4, 0.5) is 0 Å². The third-order valence-corrected chi connectivity index (χ3v) is 1.76. The molecule has 0 aliphatic heterocycles. The van der Waals surface area contributed by atoms with Crippen LogP contribution in [0.3, 0.4) is 0 Å². The first-order valence-corrected chi connectivity index (χ1v) is 3.87. The second-order valence-electron chi connectivity index (χ2n) is 2.20. The maximum absolute atomic E-state index is 5.56. The Bertz CT molecular complexity index is 241. The normalized spacial score (nSPS) is 11.6. The molecule has 1 aromatic carbocycles. The molecule has 0 spiro atoms. The zero-order valence-corrected chi connectivity index (χ0v) is 6.88. The Balaban J connectivity index is 2.92. The first-order chi connectivity index (χ1) is 5.38. The molecule has 0 aliphatic rings. The Hall–Kier alpha value is -0.790. The fourth-order valence-corrected chi connectivity index (χ4v) is 1.09. The molecule has 0 amide bonds. The molecule has 0 saturated heterocycles. The molecule has 1 rings (SSSR count). The van der Waals surface area contributed by atoms with E-state index >= 15 is 0 Å². The summed E-state index contributed by atoms with van der Waals surface area (Å²) in [5.41, 5.74) is 9.04. The second kappa shape index (κ2) is 4.16. The van der Waals surface area contributed by atoms with Crippen molar-refractivity contribution in [1.29, 1.82) is 0 Å². The Morgan fingerprint density at radius 2 is 2.00 bits per heavy atom. The summed E-state index contributed by atoms with van der Waals surface area (Å²) < 4.78 is 0. The Morgan fingerprint density at radius 3 is 2.45 bits per heavy atom. The van der Waals surface area contributed by atoms with Gasteiger partial charge in [0.05, 0.1) is 0 Å². The fourth-order valence-electron chi connectivity index (χ4n) is 0.878. The molecule has 2 N–H and O–H groups in total. The summed E-state index contributed by atoms with van der Waals surface area (Å²) in [6.07, 6.45) is 0. The van der Waals surface area contributed by atoms with Crippen molar-refractivity contribution < 1.29 is 0 Å². The van der Waals surface area contributed by atoms with E-state index in [0.717, 1.165) is 11.1 Å². The van der Waals surface area contributed by atoms with Gasteiger partial charge in [-0.3, -0.25) is 0 Å². The van der Waals surface area contributed by atoms with Gasteiger partial charge in [-0.05, 0) is 11.1 Å². The Labute approximate surface area is 71.5 Å². The van der Waals surface area contributed by atoms with E-state index < -0.39 is 0 Å². The van der Waals surface area contributed by atoms with Gasteiger partial charge in [-0.15, -0.1) is 0 Å². The predicted octanol–water partition coefficient (Wildman–Crippen LogP) is 2.23. The van der Waals surface area contributed by atoms with Crippen LogP contribution in [0.1, 0.15) is 5.56 Å². The lowest BCUT2D eigenvalue weighted by molar-refractivity contribution is 1.27. The smallest absolute Gasteiger partial charge is 0.0192 e. The van der Waals surface area contributed by atoms with Crippen LogP contribution in [-0.4, -0.2) is 6.54 Å². The fraction of sp³-hybridized carbons (Fsp3) is 0.111. The lowest BCUT2D eigenvalue weighted by Crippen LogP contribution is -2.01. The lowest BCUT2D eigenvalue weighted by atomic mass is 10.1. The molecule has 11 heavy (non-hydrogen) atoms. The van der Waals surface area contributed by atoms with Crippen LogP contribution in [0.25, 0.3) is 5.57 Å². The van der Waals surface area contributed by atoms with Crippen molar-refractivity contribution in [3.8, 4) is 0 Å². The van der Waals surface area contributed by atoms with Crippen molar-refractivity contribution >= 4 is 17.2 Å². The molecule has 0 radical (unpaired) electrons. The minimum absolute atomic E-state index is 0.480. The van der Waals surface area contributed by atoms with E-state index in [0.29, 0.717) is 6.54 Å². The quantitative estimate of drug-likeness (QED) is 0.718. The van der Waals surface area contributed by atoms with Crippen molar-refractivity contribution in [2.75, 3.05) is 6.54 Å². The minimum Gasteiger partial charge on any atom is -0.326 e. The molecule has 0 atom stereocenters. The molecular formula is C9H10ClN. The number of rotatable bonds is 2. The van der Waals surface area contributed by atoms with Gasteiger partial charge in [0.25, 0.3) is 0 Å². The molecule has 1 nitrogen and oxygen atoms in total. The third kappa shape index (κ3) is 2.07. The Morgan fingerprint density at radius 1 is 1.36 bits per heavy atom. The monoisotopic (exact) mass is 167 g/mol. The summed E-state index contributed by atoms with van der Waals surface area (Å²) in [6.45, 7) is 0.480. The number of nitrogens with two attached hydrogens (primary N) is 1. The van der Waals surface area contributed by atoms with E-state index in [-0.39, 0.29) is 0 Å². The molecule has 0 aromatic heterocycles. The van der Waals surface area contributed by atoms with Crippen molar-refractivity contribution in [2.45, 2.75) is 0 Å². The molecule has 0 fully saturated rings. The summed E-state index contributed by atoms with van der Waals surface area (Å²) in [5.74, 6) is 0. The van der Waals surface area contributed by atoms with E-state index in [4.69, 9.17) is 17.3 Å². The van der Waals surface area contributed by atoms with Gasteiger partial charge in [0, 0.05) is 12.1 Å². The van der Waals surface area contributed by atoms with E-state index in [1.165, 1.54) is 5.54 Å². The average Bonchev–Trinajstić information content (AvgIpc) is 2.09. The molecule has 0 bridgehead atoms. The van der Waals surface area contributed by atoms with E-state index in [1.807, 2.05) is 30.3 Å². The highest BCUT2D eigenvalue weighted by molar-refractivity contribution is 6.28. The van der Waals surface area contributed by atoms with Crippen LogP contribution < -0.4 is 5.73 Å². The Kier molecular flexibility index (Phi) is 3.14. The highest BCUT2D eigenvalue weighted by atomic mass is 35.5. The SMILES string of the molecule is NC/C(=C/Cl)c1ccccc1. The third-order valence-electron chi connectivity index (χ3n) is 1.50. The van der Waals surface area contributed by atoms with Gasteiger partial charge in [0.1, 0.15) is 0 Å². The lowest BCUT2D eigenvalue weighted by Gasteiger charge is -2.00. The number of benzene rings is 1. The zero-order valence-electron chi connectivity index (χ0n) is 6.13. The van der Waals surface area contributed by atoms with Crippen molar-refractivity contribution in [2.24, 2.45) is 5.73 Å². The molecular weight excluding hydrogens is 158 g/mol. The molecule has 58 valence electrons. The van der Waals surface area contributed by atoms with Crippen molar-refractivity contribution in [1.82, 2.24) is 0 Å². The molecule has 2 heteroatoms. The van der Waals surface area contributed by atoms with Gasteiger partial charge in [0.15, 0.2) is 0 Å². The largest absolute Gasteiger partial charge is 0.326 e. The zero-order chi connectivity index (χ0) is 8.10. The van der Waals surface area contributed by atoms with Gasteiger partial charge in [-0.2, -0.15) is 0 Å². The number of hydrogen-bond donors (Lipinski definition) is 1. The maximum atomic E-state index is 5.56. The van der Waals surface area contributed by atoms with Crippen LogP contribution >= 0.6 is 11.6 Å². The van der Waals surface area contributed by atoms with Gasteiger partial charge < -0.3 is 5.73 Å². The topological polar surface area (TPSA) is 26.0 Å². The van der Waals surface area contributed by atoms with Gasteiger partial charge in [-0.25, -0.2) is 0 Å². The van der Waals surface area contributed by atoms with E-state index in [1.54, 1.807) is 0 Å². The first-order valence-electron chi connectivity index (χ1n) is 3.43.